The second kappa shape index (κ2) is 8.00. The summed E-state index contributed by atoms with van der Waals surface area (Å²) < 4.78 is 3.33. The first kappa shape index (κ1) is 16.8. The molecule has 0 spiro atoms. The van der Waals surface area contributed by atoms with Gasteiger partial charge in [0.1, 0.15) is 0 Å². The van der Waals surface area contributed by atoms with Gasteiger partial charge in [-0.3, -0.25) is 0 Å². The first-order valence-corrected chi connectivity index (χ1v) is 9.21. The second-order valence-electron chi connectivity index (χ2n) is 3.82. The summed E-state index contributed by atoms with van der Waals surface area (Å²) in [4.78, 5) is 0. The third kappa shape index (κ3) is 3.40. The molecule has 0 N–H and O–H groups in total. The number of rotatable bonds is 3. The Bertz CT molecular complexity index is 361. The molecule has 0 amide bonds. The van der Waals surface area contributed by atoms with Crippen LogP contribution in [0.2, 0.25) is 4.63 Å². The molecule has 1 aliphatic carbocycles. The van der Waals surface area contributed by atoms with Crippen molar-refractivity contribution in [2.24, 2.45) is 0 Å². The standard InChI is InChI=1S/C12H13.CH3.2BrH.Zr/c1-2-5-10-8-11-6-3-4-7-12(11)9-10;;;;/h3-4,6-9H,2,5H2,1H3;1H3;2*1H;/q;;;;+2/p-2. The zero-order valence-corrected chi connectivity index (χ0v) is 15.3. The van der Waals surface area contributed by atoms with Crippen LogP contribution in [-0.4, -0.2) is 0 Å². The van der Waals surface area contributed by atoms with Crippen molar-refractivity contribution in [1.82, 2.24) is 0 Å². The number of benzene rings is 1. The van der Waals surface area contributed by atoms with Crippen LogP contribution in [0.15, 0.2) is 29.8 Å². The third-order valence-electron chi connectivity index (χ3n) is 2.85. The average Bonchev–Trinajstić information content (AvgIpc) is 2.55. The summed E-state index contributed by atoms with van der Waals surface area (Å²) >= 11 is -0.222. The molecule has 0 fully saturated rings. The van der Waals surface area contributed by atoms with Crippen LogP contribution in [0.3, 0.4) is 0 Å². The molecule has 2 rings (SSSR count). The maximum atomic E-state index is 2.46. The Kier molecular flexibility index (Phi) is 8.40. The molecule has 0 saturated heterocycles. The minimum Gasteiger partial charge on any atom is -1.00 e. The van der Waals surface area contributed by atoms with Gasteiger partial charge in [0.05, 0.1) is 0 Å². The quantitative estimate of drug-likeness (QED) is 0.531. The van der Waals surface area contributed by atoms with Gasteiger partial charge in [-0.1, -0.05) is 0 Å². The summed E-state index contributed by atoms with van der Waals surface area (Å²) in [7, 11) is 0. The summed E-state index contributed by atoms with van der Waals surface area (Å²) in [5, 5.41) is 0. The largest absolute Gasteiger partial charge is 1.00 e. The first-order chi connectivity index (χ1) is 6.86. The van der Waals surface area contributed by atoms with E-state index in [1.165, 1.54) is 18.4 Å². The van der Waals surface area contributed by atoms with Crippen LogP contribution in [0.1, 0.15) is 34.5 Å². The molecular formula is C13H16Br2Zr. The normalized spacial score (nSPS) is 16.4. The third-order valence-corrected chi connectivity index (χ3v) is 5.94. The molecule has 0 bridgehead atoms. The van der Waals surface area contributed by atoms with Crippen LogP contribution >= 0.6 is 0 Å². The van der Waals surface area contributed by atoms with Crippen LogP contribution < -0.4 is 34.0 Å². The van der Waals surface area contributed by atoms with E-state index in [0.29, 0.717) is 0 Å². The van der Waals surface area contributed by atoms with Crippen molar-refractivity contribution in [3.63, 3.8) is 0 Å². The molecule has 1 aromatic rings. The van der Waals surface area contributed by atoms with Gasteiger partial charge in [0.25, 0.3) is 0 Å². The molecule has 1 atom stereocenters. The van der Waals surface area contributed by atoms with Gasteiger partial charge in [-0.15, -0.1) is 0 Å². The molecule has 1 aromatic carbocycles. The molecule has 0 heterocycles. The molecule has 3 heteroatoms. The van der Waals surface area contributed by atoms with Gasteiger partial charge in [-0.2, -0.15) is 0 Å². The Hall–Kier alpha value is 0.803. The van der Waals surface area contributed by atoms with Crippen LogP contribution in [0.4, 0.5) is 0 Å². The van der Waals surface area contributed by atoms with Crippen LogP contribution in [0.25, 0.3) is 6.08 Å². The van der Waals surface area contributed by atoms with E-state index < -0.39 is 0 Å². The number of fused-ring (bicyclic) bond motifs is 1. The van der Waals surface area contributed by atoms with Gasteiger partial charge < -0.3 is 34.0 Å². The fraction of sp³-hybridized carbons (Fsp3) is 0.385. The Morgan fingerprint density at radius 1 is 1.19 bits per heavy atom. The van der Waals surface area contributed by atoms with E-state index in [0.717, 1.165) is 3.63 Å². The molecule has 0 saturated carbocycles. The van der Waals surface area contributed by atoms with Crippen molar-refractivity contribution < 1.29 is 57.2 Å². The van der Waals surface area contributed by atoms with Gasteiger partial charge >= 0.3 is 98.3 Å². The molecule has 0 aromatic heterocycles. The van der Waals surface area contributed by atoms with Crippen molar-refractivity contribution in [2.45, 2.75) is 28.0 Å². The van der Waals surface area contributed by atoms with E-state index in [4.69, 9.17) is 0 Å². The van der Waals surface area contributed by atoms with E-state index in [1.54, 1.807) is 11.1 Å². The Balaban J connectivity index is 0.00000112. The zero-order chi connectivity index (χ0) is 9.97. The molecule has 0 aliphatic heterocycles. The number of halogens is 2. The summed E-state index contributed by atoms with van der Waals surface area (Å²) in [6.07, 6.45) is 5.03. The minimum absolute atomic E-state index is 0. The fourth-order valence-electron chi connectivity index (χ4n) is 2.23. The second-order valence-corrected chi connectivity index (χ2v) is 6.66. The summed E-state index contributed by atoms with van der Waals surface area (Å²) in [5.41, 5.74) is 4.82. The van der Waals surface area contributed by atoms with E-state index in [-0.39, 0.29) is 57.2 Å². The van der Waals surface area contributed by atoms with Crippen molar-refractivity contribution in [3.8, 4) is 0 Å². The zero-order valence-electron chi connectivity index (χ0n) is 9.63. The number of allylic oxidation sites excluding steroid dienone is 1. The van der Waals surface area contributed by atoms with Gasteiger partial charge in [0.2, 0.25) is 0 Å². The fourth-order valence-corrected chi connectivity index (χ4v) is 5.12. The van der Waals surface area contributed by atoms with Crippen molar-refractivity contribution in [1.29, 1.82) is 0 Å². The molecule has 86 valence electrons. The van der Waals surface area contributed by atoms with Crippen molar-refractivity contribution >= 4 is 6.08 Å². The van der Waals surface area contributed by atoms with E-state index >= 15 is 0 Å². The van der Waals surface area contributed by atoms with Gasteiger partial charge in [0.15, 0.2) is 0 Å². The van der Waals surface area contributed by atoms with Crippen LogP contribution in [-0.2, 0) is 23.2 Å². The van der Waals surface area contributed by atoms with Crippen LogP contribution in [0.5, 0.6) is 0 Å². The van der Waals surface area contributed by atoms with E-state index in [9.17, 15) is 0 Å². The monoisotopic (exact) mass is 420 g/mol. The molecule has 0 nitrogen and oxygen atoms in total. The topological polar surface area (TPSA) is 0 Å². The molecule has 1 aliphatic rings. The summed E-state index contributed by atoms with van der Waals surface area (Å²) in [6, 6.07) is 8.93. The Morgan fingerprint density at radius 2 is 1.88 bits per heavy atom. The smallest absolute Gasteiger partial charge is 1.00 e. The summed E-state index contributed by atoms with van der Waals surface area (Å²) in [6.45, 7) is 2.28. The van der Waals surface area contributed by atoms with Gasteiger partial charge in [0, 0.05) is 0 Å². The molecule has 16 heavy (non-hydrogen) atoms. The summed E-state index contributed by atoms with van der Waals surface area (Å²) in [5.74, 6) is 0. The maximum absolute atomic E-state index is 2.46. The number of hydrogen-bond donors (Lipinski definition) is 0. The van der Waals surface area contributed by atoms with Crippen molar-refractivity contribution in [2.75, 3.05) is 0 Å². The predicted molar refractivity (Wildman–Crippen MR) is 57.9 cm³/mol. The number of hydrogen-bond acceptors (Lipinski definition) is 0. The average molecular weight is 423 g/mol. The first-order valence-electron chi connectivity index (χ1n) is 5.33. The minimum atomic E-state index is -0.222. The van der Waals surface area contributed by atoms with Crippen LogP contribution in [0, 0.1) is 0 Å². The SMILES string of the molecule is CCCC1=Cc2ccccc2[CH]1[Zr+2][CH3].[Br-].[Br-]. The molecular weight excluding hydrogens is 407 g/mol. The van der Waals surface area contributed by atoms with Gasteiger partial charge in [-0.05, 0) is 0 Å². The van der Waals surface area contributed by atoms with Gasteiger partial charge in [-0.25, -0.2) is 0 Å². The molecule has 0 radical (unpaired) electrons. The molecule has 1 unspecified atom stereocenters. The van der Waals surface area contributed by atoms with E-state index in [2.05, 4.69) is 41.9 Å². The van der Waals surface area contributed by atoms with E-state index in [1.807, 2.05) is 0 Å². The Labute approximate surface area is 131 Å². The predicted octanol–water partition coefficient (Wildman–Crippen LogP) is -1.94. The Morgan fingerprint density at radius 3 is 2.50 bits per heavy atom. The maximum Gasteiger partial charge on any atom is -1.00 e. The van der Waals surface area contributed by atoms with Crippen molar-refractivity contribution in [3.05, 3.63) is 41.0 Å².